The molecule has 6 nitrogen and oxygen atoms in total. The van der Waals surface area contributed by atoms with Gasteiger partial charge in [-0.15, -0.1) is 0 Å². The molecule has 6 heteroatoms. The van der Waals surface area contributed by atoms with E-state index in [1.807, 2.05) is 68.4 Å². The fourth-order valence-corrected chi connectivity index (χ4v) is 2.95. The third-order valence-corrected chi connectivity index (χ3v) is 4.19. The standard InChI is InChI=1S/C21H21N3O3/c1-14-7-6-10-17(13-14)24-21(22-18(25)11-12-19(26)27)20(15(2)23-24)16-8-4-3-5-9-16/h3-10,13H,11-12H2,1-2H3,(H,22,25)(H,26,27). The number of anilines is 1. The Balaban J connectivity index is 2.08. The average molecular weight is 363 g/mol. The van der Waals surface area contributed by atoms with Gasteiger partial charge in [0.15, 0.2) is 0 Å². The first-order valence-corrected chi connectivity index (χ1v) is 8.69. The second kappa shape index (κ2) is 7.86. The lowest BCUT2D eigenvalue weighted by Crippen LogP contribution is -2.16. The first-order valence-electron chi connectivity index (χ1n) is 8.69. The first kappa shape index (κ1) is 18.4. The summed E-state index contributed by atoms with van der Waals surface area (Å²) in [6, 6.07) is 17.5. The van der Waals surface area contributed by atoms with E-state index >= 15 is 0 Å². The Kier molecular flexibility index (Phi) is 5.35. The number of carboxylic acid groups (broad SMARTS) is 1. The van der Waals surface area contributed by atoms with Gasteiger partial charge in [-0.1, -0.05) is 42.5 Å². The molecule has 0 radical (unpaired) electrons. The zero-order valence-corrected chi connectivity index (χ0v) is 15.3. The van der Waals surface area contributed by atoms with E-state index in [-0.39, 0.29) is 18.7 Å². The summed E-state index contributed by atoms with van der Waals surface area (Å²) in [5.74, 6) is -0.820. The maximum absolute atomic E-state index is 12.3. The summed E-state index contributed by atoms with van der Waals surface area (Å²) in [6.45, 7) is 3.88. The number of benzene rings is 2. The number of nitrogens with one attached hydrogen (secondary N) is 1. The van der Waals surface area contributed by atoms with Crippen molar-refractivity contribution in [1.29, 1.82) is 0 Å². The summed E-state index contributed by atoms with van der Waals surface area (Å²) in [5.41, 5.74) is 4.43. The van der Waals surface area contributed by atoms with Gasteiger partial charge in [0.05, 0.1) is 17.8 Å². The zero-order chi connectivity index (χ0) is 19.4. The second-order valence-electron chi connectivity index (χ2n) is 6.37. The fourth-order valence-electron chi connectivity index (χ4n) is 2.95. The van der Waals surface area contributed by atoms with Crippen LogP contribution in [0.5, 0.6) is 0 Å². The number of hydrogen-bond donors (Lipinski definition) is 2. The van der Waals surface area contributed by atoms with Crippen LogP contribution in [0.3, 0.4) is 0 Å². The van der Waals surface area contributed by atoms with E-state index in [1.54, 1.807) is 4.68 Å². The minimum atomic E-state index is -1.00. The number of hydrogen-bond acceptors (Lipinski definition) is 3. The van der Waals surface area contributed by atoms with Gasteiger partial charge in [0.25, 0.3) is 0 Å². The van der Waals surface area contributed by atoms with Crippen LogP contribution in [0.1, 0.15) is 24.1 Å². The summed E-state index contributed by atoms with van der Waals surface area (Å²) in [6.07, 6.45) is -0.314. The van der Waals surface area contributed by atoms with Crippen LogP contribution in [-0.2, 0) is 9.59 Å². The summed E-state index contributed by atoms with van der Waals surface area (Å²) >= 11 is 0. The van der Waals surface area contributed by atoms with E-state index < -0.39 is 5.97 Å². The van der Waals surface area contributed by atoms with E-state index in [0.717, 1.165) is 28.1 Å². The third-order valence-electron chi connectivity index (χ3n) is 4.19. The maximum Gasteiger partial charge on any atom is 0.303 e. The minimum Gasteiger partial charge on any atom is -0.481 e. The van der Waals surface area contributed by atoms with E-state index in [0.29, 0.717) is 5.82 Å². The summed E-state index contributed by atoms with van der Waals surface area (Å²) in [5, 5.41) is 16.3. The van der Waals surface area contributed by atoms with Crippen molar-refractivity contribution in [3.8, 4) is 16.8 Å². The molecule has 2 N–H and O–H groups in total. The number of nitrogens with zero attached hydrogens (tertiary/aromatic N) is 2. The van der Waals surface area contributed by atoms with Crippen molar-refractivity contribution in [2.24, 2.45) is 0 Å². The molecule has 27 heavy (non-hydrogen) atoms. The number of aryl methyl sites for hydroxylation is 2. The fraction of sp³-hybridized carbons (Fsp3) is 0.190. The largest absolute Gasteiger partial charge is 0.481 e. The monoisotopic (exact) mass is 363 g/mol. The molecule has 138 valence electrons. The van der Waals surface area contributed by atoms with Gasteiger partial charge in [0, 0.05) is 12.0 Å². The Morgan fingerprint density at radius 2 is 1.78 bits per heavy atom. The summed E-state index contributed by atoms with van der Waals surface area (Å²) in [4.78, 5) is 23.1. The molecule has 2 aromatic carbocycles. The quantitative estimate of drug-likeness (QED) is 0.694. The molecular formula is C21H21N3O3. The van der Waals surface area contributed by atoms with Gasteiger partial charge in [-0.25, -0.2) is 4.68 Å². The molecule has 1 amide bonds. The van der Waals surface area contributed by atoms with E-state index in [9.17, 15) is 9.59 Å². The number of amides is 1. The highest BCUT2D eigenvalue weighted by atomic mass is 16.4. The molecule has 0 saturated heterocycles. The van der Waals surface area contributed by atoms with Crippen molar-refractivity contribution in [3.05, 3.63) is 65.9 Å². The maximum atomic E-state index is 12.3. The number of aromatic nitrogens is 2. The van der Waals surface area contributed by atoms with Crippen LogP contribution >= 0.6 is 0 Å². The van der Waals surface area contributed by atoms with Crippen molar-refractivity contribution in [3.63, 3.8) is 0 Å². The highest BCUT2D eigenvalue weighted by Crippen LogP contribution is 2.33. The SMILES string of the molecule is Cc1cccc(-n2nc(C)c(-c3ccccc3)c2NC(=O)CCC(=O)O)c1. The summed E-state index contributed by atoms with van der Waals surface area (Å²) in [7, 11) is 0. The van der Waals surface area contributed by atoms with Gasteiger partial charge in [-0.3, -0.25) is 9.59 Å². The number of aliphatic carboxylic acids is 1. The van der Waals surface area contributed by atoms with E-state index in [1.165, 1.54) is 0 Å². The average Bonchev–Trinajstić information content (AvgIpc) is 2.96. The topological polar surface area (TPSA) is 84.2 Å². The molecule has 0 fully saturated rings. The molecular weight excluding hydrogens is 342 g/mol. The number of rotatable bonds is 6. The van der Waals surface area contributed by atoms with Crippen molar-refractivity contribution < 1.29 is 14.7 Å². The molecule has 0 bridgehead atoms. The van der Waals surface area contributed by atoms with Crippen molar-refractivity contribution in [1.82, 2.24) is 9.78 Å². The lowest BCUT2D eigenvalue weighted by atomic mass is 10.1. The first-order chi connectivity index (χ1) is 13.0. The Morgan fingerprint density at radius 3 is 2.44 bits per heavy atom. The molecule has 3 rings (SSSR count). The molecule has 0 spiro atoms. The Labute approximate surface area is 157 Å². The highest BCUT2D eigenvalue weighted by molar-refractivity contribution is 5.96. The third kappa shape index (κ3) is 4.23. The highest BCUT2D eigenvalue weighted by Gasteiger charge is 2.20. The summed E-state index contributed by atoms with van der Waals surface area (Å²) < 4.78 is 1.70. The molecule has 0 aliphatic rings. The molecule has 1 heterocycles. The van der Waals surface area contributed by atoms with Gasteiger partial charge in [-0.2, -0.15) is 5.10 Å². The lowest BCUT2D eigenvalue weighted by molar-refractivity contribution is -0.138. The van der Waals surface area contributed by atoms with Crippen LogP contribution in [0.15, 0.2) is 54.6 Å². The molecule has 3 aromatic rings. The van der Waals surface area contributed by atoms with Crippen LogP contribution in [0.25, 0.3) is 16.8 Å². The van der Waals surface area contributed by atoms with Crippen LogP contribution in [0, 0.1) is 13.8 Å². The van der Waals surface area contributed by atoms with Gasteiger partial charge < -0.3 is 10.4 Å². The Hall–Kier alpha value is -3.41. The predicted octanol–water partition coefficient (Wildman–Crippen LogP) is 3.96. The Bertz CT molecular complexity index is 978. The van der Waals surface area contributed by atoms with E-state index in [2.05, 4.69) is 10.4 Å². The van der Waals surface area contributed by atoms with Crippen molar-refractivity contribution >= 4 is 17.7 Å². The normalized spacial score (nSPS) is 10.6. The van der Waals surface area contributed by atoms with Crippen LogP contribution in [0.2, 0.25) is 0 Å². The molecule has 0 atom stereocenters. The van der Waals surface area contributed by atoms with Gasteiger partial charge in [-0.05, 0) is 37.1 Å². The van der Waals surface area contributed by atoms with Gasteiger partial charge >= 0.3 is 5.97 Å². The van der Waals surface area contributed by atoms with Crippen LogP contribution in [0.4, 0.5) is 5.82 Å². The molecule has 0 unspecified atom stereocenters. The number of carbonyl (C=O) groups excluding carboxylic acids is 1. The number of carbonyl (C=O) groups is 2. The lowest BCUT2D eigenvalue weighted by Gasteiger charge is -2.12. The van der Waals surface area contributed by atoms with Crippen LogP contribution < -0.4 is 5.32 Å². The van der Waals surface area contributed by atoms with Gasteiger partial charge in [0.1, 0.15) is 5.82 Å². The molecule has 0 saturated carbocycles. The zero-order valence-electron chi connectivity index (χ0n) is 15.3. The predicted molar refractivity (Wildman–Crippen MR) is 104 cm³/mol. The minimum absolute atomic E-state index is 0.0956. The molecule has 0 aliphatic carbocycles. The second-order valence-corrected chi connectivity index (χ2v) is 6.37. The van der Waals surface area contributed by atoms with Crippen molar-refractivity contribution in [2.45, 2.75) is 26.7 Å². The number of carboxylic acids is 1. The Morgan fingerprint density at radius 1 is 1.04 bits per heavy atom. The van der Waals surface area contributed by atoms with Crippen molar-refractivity contribution in [2.75, 3.05) is 5.32 Å². The van der Waals surface area contributed by atoms with Crippen LogP contribution in [-0.4, -0.2) is 26.8 Å². The smallest absolute Gasteiger partial charge is 0.303 e. The molecule has 0 aliphatic heterocycles. The van der Waals surface area contributed by atoms with E-state index in [4.69, 9.17) is 5.11 Å². The van der Waals surface area contributed by atoms with Gasteiger partial charge in [0.2, 0.25) is 5.91 Å². The molecule has 1 aromatic heterocycles.